The number of amides is 1. The fourth-order valence-electron chi connectivity index (χ4n) is 3.12. The summed E-state index contributed by atoms with van der Waals surface area (Å²) in [6.45, 7) is 7.78. The minimum absolute atomic E-state index is 0.606. The molecule has 0 atom stereocenters. The van der Waals surface area contributed by atoms with Crippen molar-refractivity contribution in [3.63, 3.8) is 0 Å². The molecule has 0 unspecified atom stereocenters. The Morgan fingerprint density at radius 3 is 2.60 bits per heavy atom. The molecule has 0 fully saturated rings. The predicted octanol–water partition coefficient (Wildman–Crippen LogP) is 4.34. The molecule has 0 saturated carbocycles. The topological polar surface area (TPSA) is 71.2 Å². The van der Waals surface area contributed by atoms with Gasteiger partial charge in [0.05, 0.1) is 17.3 Å². The lowest BCUT2D eigenvalue weighted by atomic mass is 10.1. The van der Waals surface area contributed by atoms with E-state index >= 15 is 0 Å². The van der Waals surface area contributed by atoms with Gasteiger partial charge < -0.3 is 5.11 Å². The van der Waals surface area contributed by atoms with Crippen molar-refractivity contribution in [1.82, 2.24) is 14.6 Å². The zero-order chi connectivity index (χ0) is 18.2. The zero-order valence-electron chi connectivity index (χ0n) is 15.2. The van der Waals surface area contributed by atoms with Gasteiger partial charge in [0.1, 0.15) is 16.9 Å². The zero-order valence-corrected chi connectivity index (χ0v) is 15.2. The van der Waals surface area contributed by atoms with E-state index in [0.29, 0.717) is 0 Å². The number of aryl methyl sites for hydroxylation is 1. The molecule has 25 heavy (non-hydrogen) atoms. The van der Waals surface area contributed by atoms with Gasteiger partial charge in [-0.2, -0.15) is 0 Å². The van der Waals surface area contributed by atoms with Crippen LogP contribution in [0.5, 0.6) is 0 Å². The number of carbonyl (C=O) groups is 1. The first-order chi connectivity index (χ1) is 11.8. The Balaban J connectivity index is 2.39. The summed E-state index contributed by atoms with van der Waals surface area (Å²) in [5.41, 5.74) is 1.75. The Morgan fingerprint density at radius 2 is 1.96 bits per heavy atom. The summed E-state index contributed by atoms with van der Waals surface area (Å²) in [6.07, 6.45) is 3.42. The Kier molecular flexibility index (Phi) is 4.37. The molecule has 1 aromatic carbocycles. The highest BCUT2D eigenvalue weighted by Crippen LogP contribution is 2.28. The molecule has 6 nitrogen and oxygen atoms in total. The maximum Gasteiger partial charge on any atom is 0.427 e. The van der Waals surface area contributed by atoms with Gasteiger partial charge >= 0.3 is 6.09 Å². The molecule has 6 heteroatoms. The second kappa shape index (κ2) is 6.35. The molecule has 0 spiro atoms. The number of para-hydroxylation sites is 1. The monoisotopic (exact) mass is 340 g/mol. The molecule has 2 aromatic heterocycles. The van der Waals surface area contributed by atoms with Crippen LogP contribution in [-0.4, -0.2) is 31.4 Å². The number of imidazole rings is 1. The van der Waals surface area contributed by atoms with E-state index < -0.39 is 11.6 Å². The van der Waals surface area contributed by atoms with Crippen molar-refractivity contribution < 1.29 is 9.90 Å². The van der Waals surface area contributed by atoms with Crippen molar-refractivity contribution in [2.24, 2.45) is 0 Å². The molecule has 0 bridgehead atoms. The van der Waals surface area contributed by atoms with Crippen LogP contribution in [0.1, 0.15) is 46.4 Å². The summed E-state index contributed by atoms with van der Waals surface area (Å²) in [4.78, 5) is 21.3. The van der Waals surface area contributed by atoms with Gasteiger partial charge in [-0.3, -0.25) is 4.98 Å². The Labute approximate surface area is 147 Å². The summed E-state index contributed by atoms with van der Waals surface area (Å²) >= 11 is 0. The second-order valence-electron chi connectivity index (χ2n) is 7.22. The van der Waals surface area contributed by atoms with E-state index in [0.717, 1.165) is 47.0 Å². The molecular formula is C19H24N4O2. The van der Waals surface area contributed by atoms with Gasteiger partial charge in [0, 0.05) is 11.8 Å². The lowest BCUT2D eigenvalue weighted by Crippen LogP contribution is -2.53. The first-order valence-corrected chi connectivity index (χ1v) is 8.63. The molecule has 0 saturated heterocycles. The number of hydrogen-bond donors (Lipinski definition) is 1. The third-order valence-electron chi connectivity index (χ3n) is 4.20. The van der Waals surface area contributed by atoms with Gasteiger partial charge in [-0.15, -0.1) is 0 Å². The van der Waals surface area contributed by atoms with Crippen LogP contribution < -0.4 is 5.01 Å². The molecule has 1 N–H and O–H groups in total. The van der Waals surface area contributed by atoms with Crippen LogP contribution in [0.25, 0.3) is 21.9 Å². The number of benzene rings is 1. The van der Waals surface area contributed by atoms with E-state index in [4.69, 9.17) is 4.98 Å². The minimum Gasteiger partial charge on any atom is -0.464 e. The van der Waals surface area contributed by atoms with E-state index in [1.807, 2.05) is 45.0 Å². The Bertz CT molecular complexity index is 924. The molecule has 0 aliphatic heterocycles. The Hall–Kier alpha value is -2.63. The second-order valence-corrected chi connectivity index (χ2v) is 7.22. The largest absolute Gasteiger partial charge is 0.464 e. The van der Waals surface area contributed by atoms with Gasteiger partial charge in [-0.25, -0.2) is 19.5 Å². The predicted molar refractivity (Wildman–Crippen MR) is 99.6 cm³/mol. The fourth-order valence-corrected chi connectivity index (χ4v) is 3.12. The number of fused-ring (bicyclic) bond motifs is 3. The van der Waals surface area contributed by atoms with E-state index in [1.165, 1.54) is 5.01 Å². The minimum atomic E-state index is -0.995. The van der Waals surface area contributed by atoms with Gasteiger partial charge in [0.25, 0.3) is 0 Å². The third-order valence-corrected chi connectivity index (χ3v) is 4.20. The SMILES string of the molecule is CCCCc1nc2cnc3ccccc3c2n1N(C(=O)O)C(C)(C)C. The van der Waals surface area contributed by atoms with Crippen LogP contribution in [0.4, 0.5) is 4.79 Å². The van der Waals surface area contributed by atoms with Gasteiger partial charge in [0.15, 0.2) is 0 Å². The molecule has 0 aliphatic rings. The van der Waals surface area contributed by atoms with Crippen molar-refractivity contribution in [3.8, 4) is 0 Å². The Morgan fingerprint density at radius 1 is 1.24 bits per heavy atom. The summed E-state index contributed by atoms with van der Waals surface area (Å²) in [7, 11) is 0. The van der Waals surface area contributed by atoms with E-state index in [1.54, 1.807) is 10.9 Å². The number of nitrogens with zero attached hydrogens (tertiary/aromatic N) is 4. The van der Waals surface area contributed by atoms with E-state index in [9.17, 15) is 9.90 Å². The number of hydrogen-bond acceptors (Lipinski definition) is 3. The smallest absolute Gasteiger partial charge is 0.427 e. The van der Waals surface area contributed by atoms with Crippen LogP contribution in [0.3, 0.4) is 0 Å². The first-order valence-electron chi connectivity index (χ1n) is 8.63. The van der Waals surface area contributed by atoms with Crippen LogP contribution in [-0.2, 0) is 6.42 Å². The third kappa shape index (κ3) is 3.04. The number of pyridine rings is 1. The molecule has 3 rings (SSSR count). The van der Waals surface area contributed by atoms with Gasteiger partial charge in [0.2, 0.25) is 0 Å². The van der Waals surface area contributed by atoms with E-state index in [-0.39, 0.29) is 0 Å². The van der Waals surface area contributed by atoms with Gasteiger partial charge in [-0.1, -0.05) is 31.5 Å². The summed E-state index contributed by atoms with van der Waals surface area (Å²) in [5.74, 6) is 0.757. The lowest BCUT2D eigenvalue weighted by molar-refractivity contribution is 0.185. The van der Waals surface area contributed by atoms with Crippen molar-refractivity contribution in [2.45, 2.75) is 52.5 Å². The standard InChI is InChI=1S/C19H24N4O2/c1-5-6-11-16-21-15-12-20-14-10-8-7-9-13(14)17(15)22(16)23(18(24)25)19(2,3)4/h7-10,12H,5-6,11H2,1-4H3,(H,24,25). The molecular weight excluding hydrogens is 316 g/mol. The summed E-state index contributed by atoms with van der Waals surface area (Å²) < 4.78 is 1.78. The highest BCUT2D eigenvalue weighted by atomic mass is 16.4. The van der Waals surface area contributed by atoms with Crippen LogP contribution in [0, 0.1) is 0 Å². The van der Waals surface area contributed by atoms with Crippen molar-refractivity contribution in [2.75, 3.05) is 5.01 Å². The van der Waals surface area contributed by atoms with Crippen LogP contribution in [0.2, 0.25) is 0 Å². The van der Waals surface area contributed by atoms with Crippen molar-refractivity contribution >= 4 is 28.0 Å². The number of unbranched alkanes of at least 4 members (excludes halogenated alkanes) is 1. The highest BCUT2D eigenvalue weighted by molar-refractivity contribution is 6.03. The molecule has 0 aliphatic carbocycles. The molecule has 132 valence electrons. The quantitative estimate of drug-likeness (QED) is 0.767. The molecule has 1 amide bonds. The number of carboxylic acid groups (broad SMARTS) is 1. The highest BCUT2D eigenvalue weighted by Gasteiger charge is 2.32. The van der Waals surface area contributed by atoms with Gasteiger partial charge in [-0.05, 0) is 33.3 Å². The summed E-state index contributed by atoms with van der Waals surface area (Å²) in [6, 6.07) is 7.77. The van der Waals surface area contributed by atoms with Crippen LogP contribution in [0.15, 0.2) is 30.5 Å². The van der Waals surface area contributed by atoms with Crippen LogP contribution >= 0.6 is 0 Å². The van der Waals surface area contributed by atoms with E-state index in [2.05, 4.69) is 11.9 Å². The first kappa shape index (κ1) is 17.2. The summed E-state index contributed by atoms with van der Waals surface area (Å²) in [5, 5.41) is 12.2. The molecule has 0 radical (unpaired) electrons. The normalized spacial score (nSPS) is 12.0. The molecule has 3 aromatic rings. The average molecular weight is 340 g/mol. The van der Waals surface area contributed by atoms with Crippen molar-refractivity contribution in [3.05, 3.63) is 36.3 Å². The maximum absolute atomic E-state index is 12.1. The van der Waals surface area contributed by atoms with Crippen molar-refractivity contribution in [1.29, 1.82) is 0 Å². The average Bonchev–Trinajstić information content (AvgIpc) is 2.90. The molecule has 2 heterocycles. The lowest BCUT2D eigenvalue weighted by Gasteiger charge is -2.35. The maximum atomic E-state index is 12.1. The fraction of sp³-hybridized carbons (Fsp3) is 0.421. The number of aromatic nitrogens is 3. The number of rotatable bonds is 4.